The Hall–Kier alpha value is -0.0800. The topological polar surface area (TPSA) is 21.3 Å². The minimum Gasteiger partial charge on any atom is -0.302 e. The lowest BCUT2D eigenvalue weighted by atomic mass is 10.1. The van der Waals surface area contributed by atoms with Gasteiger partial charge in [-0.25, -0.2) is 5.48 Å². The van der Waals surface area contributed by atoms with Crippen molar-refractivity contribution in [3.8, 4) is 0 Å². The molecule has 0 bridgehead atoms. The first-order chi connectivity index (χ1) is 6.91. The van der Waals surface area contributed by atoms with Gasteiger partial charge in [0.05, 0.1) is 6.61 Å². The van der Waals surface area contributed by atoms with Gasteiger partial charge >= 0.3 is 0 Å². The van der Waals surface area contributed by atoms with E-state index in [0.29, 0.717) is 0 Å². The molecule has 0 rings (SSSR count). The van der Waals surface area contributed by atoms with Crippen molar-refractivity contribution in [2.24, 2.45) is 0 Å². The molecule has 0 aliphatic carbocycles. The largest absolute Gasteiger partial charge is 0.302 e. The molecule has 0 saturated heterocycles. The molecule has 0 heterocycles. The molecule has 0 amide bonds. The maximum atomic E-state index is 5.25. The van der Waals surface area contributed by atoms with Gasteiger partial charge < -0.3 is 4.84 Å². The number of rotatable bonds is 11. The van der Waals surface area contributed by atoms with Gasteiger partial charge in [-0.1, -0.05) is 52.4 Å². The Labute approximate surface area is 89.4 Å². The van der Waals surface area contributed by atoms with Gasteiger partial charge in [0.15, 0.2) is 0 Å². The molecule has 2 nitrogen and oxygen atoms in total. The van der Waals surface area contributed by atoms with Gasteiger partial charge in [-0.3, -0.25) is 0 Å². The highest BCUT2D eigenvalue weighted by atomic mass is 16.6. The monoisotopic (exact) mass is 201 g/mol. The Morgan fingerprint density at radius 2 is 1.43 bits per heavy atom. The van der Waals surface area contributed by atoms with Crippen LogP contribution in [0, 0.1) is 0 Å². The van der Waals surface area contributed by atoms with E-state index in [0.717, 1.165) is 19.6 Å². The quantitative estimate of drug-likeness (QED) is 0.407. The van der Waals surface area contributed by atoms with Crippen LogP contribution in [0.3, 0.4) is 0 Å². The number of hydrogen-bond acceptors (Lipinski definition) is 2. The van der Waals surface area contributed by atoms with Gasteiger partial charge in [-0.05, 0) is 12.8 Å². The van der Waals surface area contributed by atoms with Crippen LogP contribution in [0.4, 0.5) is 0 Å². The zero-order valence-corrected chi connectivity index (χ0v) is 9.98. The van der Waals surface area contributed by atoms with Gasteiger partial charge in [0.25, 0.3) is 0 Å². The summed E-state index contributed by atoms with van der Waals surface area (Å²) < 4.78 is 0. The van der Waals surface area contributed by atoms with Crippen molar-refractivity contribution >= 4 is 0 Å². The number of hydroxylamine groups is 1. The van der Waals surface area contributed by atoms with Crippen LogP contribution in [0.1, 0.15) is 65.2 Å². The van der Waals surface area contributed by atoms with Crippen molar-refractivity contribution in [3.05, 3.63) is 0 Å². The minimum atomic E-state index is 0.854. The molecular weight excluding hydrogens is 174 g/mol. The molecule has 0 radical (unpaired) electrons. The minimum absolute atomic E-state index is 0.854. The first-order valence-electron chi connectivity index (χ1n) is 6.26. The van der Waals surface area contributed by atoms with E-state index in [1.165, 1.54) is 44.9 Å². The Bertz CT molecular complexity index is 84.3. The Morgan fingerprint density at radius 3 is 2.14 bits per heavy atom. The first-order valence-corrected chi connectivity index (χ1v) is 6.26. The summed E-state index contributed by atoms with van der Waals surface area (Å²) >= 11 is 0. The van der Waals surface area contributed by atoms with Crippen molar-refractivity contribution in [3.63, 3.8) is 0 Å². The zero-order chi connectivity index (χ0) is 10.5. The van der Waals surface area contributed by atoms with Crippen molar-refractivity contribution in [1.29, 1.82) is 0 Å². The molecule has 2 heteroatoms. The van der Waals surface area contributed by atoms with Gasteiger partial charge in [-0.2, -0.15) is 0 Å². The second-order valence-corrected chi connectivity index (χ2v) is 3.86. The summed E-state index contributed by atoms with van der Waals surface area (Å²) in [4.78, 5) is 5.25. The van der Waals surface area contributed by atoms with Crippen molar-refractivity contribution < 1.29 is 4.84 Å². The Kier molecular flexibility index (Phi) is 12.8. The SMILES string of the molecule is CCCCCCCCNOCCCC. The maximum absolute atomic E-state index is 5.25. The lowest BCUT2D eigenvalue weighted by Gasteiger charge is -2.04. The number of hydrogen-bond donors (Lipinski definition) is 1. The molecule has 0 aromatic carbocycles. The molecule has 0 aliphatic heterocycles. The lowest BCUT2D eigenvalue weighted by molar-refractivity contribution is 0.0384. The van der Waals surface area contributed by atoms with Gasteiger partial charge in [0, 0.05) is 6.54 Å². The van der Waals surface area contributed by atoms with Gasteiger partial charge in [0.2, 0.25) is 0 Å². The molecule has 0 unspecified atom stereocenters. The summed E-state index contributed by atoms with van der Waals surface area (Å²) in [6.45, 7) is 6.29. The van der Waals surface area contributed by atoms with E-state index in [2.05, 4.69) is 19.3 Å². The molecule has 14 heavy (non-hydrogen) atoms. The molecule has 0 aromatic rings. The van der Waals surface area contributed by atoms with E-state index < -0.39 is 0 Å². The van der Waals surface area contributed by atoms with Crippen molar-refractivity contribution in [2.75, 3.05) is 13.2 Å². The van der Waals surface area contributed by atoms with Crippen LogP contribution in [-0.2, 0) is 4.84 Å². The summed E-state index contributed by atoms with van der Waals surface area (Å²) in [7, 11) is 0. The van der Waals surface area contributed by atoms with Crippen LogP contribution < -0.4 is 5.48 Å². The second-order valence-electron chi connectivity index (χ2n) is 3.86. The fourth-order valence-electron chi connectivity index (χ4n) is 1.34. The smallest absolute Gasteiger partial charge is 0.0682 e. The molecule has 1 N–H and O–H groups in total. The van der Waals surface area contributed by atoms with Crippen LogP contribution >= 0.6 is 0 Å². The van der Waals surface area contributed by atoms with Crippen molar-refractivity contribution in [2.45, 2.75) is 65.2 Å². The first kappa shape index (κ1) is 13.9. The molecule has 0 spiro atoms. The Morgan fingerprint density at radius 1 is 0.786 bits per heavy atom. The van der Waals surface area contributed by atoms with Crippen LogP contribution in [-0.4, -0.2) is 13.2 Å². The third-order valence-electron chi connectivity index (χ3n) is 2.33. The Balaban J connectivity index is 2.78. The van der Waals surface area contributed by atoms with Crippen LogP contribution in [0.5, 0.6) is 0 Å². The second kappa shape index (κ2) is 12.9. The standard InChI is InChI=1S/C12H27NO/c1-3-5-7-8-9-10-11-13-14-12-6-4-2/h13H,3-12H2,1-2H3. The molecule has 0 fully saturated rings. The van der Waals surface area contributed by atoms with Crippen LogP contribution in [0.25, 0.3) is 0 Å². The summed E-state index contributed by atoms with van der Waals surface area (Å²) in [5.74, 6) is 0. The highest BCUT2D eigenvalue weighted by Gasteiger charge is 1.90. The zero-order valence-electron chi connectivity index (χ0n) is 9.98. The van der Waals surface area contributed by atoms with Gasteiger partial charge in [-0.15, -0.1) is 0 Å². The predicted octanol–water partition coefficient (Wildman–Crippen LogP) is 3.67. The number of unbranched alkanes of at least 4 members (excludes halogenated alkanes) is 6. The van der Waals surface area contributed by atoms with E-state index in [1.54, 1.807) is 0 Å². The normalized spacial score (nSPS) is 10.7. The third-order valence-corrected chi connectivity index (χ3v) is 2.33. The molecule has 0 aliphatic rings. The summed E-state index contributed by atoms with van der Waals surface area (Å²) in [5.41, 5.74) is 3.01. The fourth-order valence-corrected chi connectivity index (χ4v) is 1.34. The average Bonchev–Trinajstić information content (AvgIpc) is 2.21. The van der Waals surface area contributed by atoms with Crippen LogP contribution in [0.2, 0.25) is 0 Å². The molecule has 0 aromatic heterocycles. The van der Waals surface area contributed by atoms with E-state index in [4.69, 9.17) is 4.84 Å². The third kappa shape index (κ3) is 11.9. The molecule has 86 valence electrons. The van der Waals surface area contributed by atoms with Gasteiger partial charge in [0.1, 0.15) is 0 Å². The highest BCUT2D eigenvalue weighted by Crippen LogP contribution is 2.03. The summed E-state index contributed by atoms with van der Waals surface area (Å²) in [5, 5.41) is 0. The molecule has 0 atom stereocenters. The summed E-state index contributed by atoms with van der Waals surface area (Å²) in [6, 6.07) is 0. The lowest BCUT2D eigenvalue weighted by Crippen LogP contribution is -2.16. The van der Waals surface area contributed by atoms with E-state index in [-0.39, 0.29) is 0 Å². The molecule has 0 saturated carbocycles. The van der Waals surface area contributed by atoms with E-state index in [9.17, 15) is 0 Å². The highest BCUT2D eigenvalue weighted by molar-refractivity contribution is 4.44. The summed E-state index contributed by atoms with van der Waals surface area (Å²) in [6.07, 6.45) is 10.4. The average molecular weight is 201 g/mol. The van der Waals surface area contributed by atoms with Crippen molar-refractivity contribution in [1.82, 2.24) is 5.48 Å². The van der Waals surface area contributed by atoms with Crippen LogP contribution in [0.15, 0.2) is 0 Å². The fraction of sp³-hybridized carbons (Fsp3) is 1.00. The maximum Gasteiger partial charge on any atom is 0.0682 e. The van der Waals surface area contributed by atoms with E-state index in [1.807, 2.05) is 0 Å². The predicted molar refractivity (Wildman–Crippen MR) is 62.2 cm³/mol. The van der Waals surface area contributed by atoms with E-state index >= 15 is 0 Å². The number of nitrogens with one attached hydrogen (secondary N) is 1. The molecular formula is C12H27NO.